The number of allylic oxidation sites excluding steroid dienone is 1. The van der Waals surface area contributed by atoms with Crippen LogP contribution in [0.1, 0.15) is 46.0 Å². The minimum atomic E-state index is 0.270. The molecule has 0 radical (unpaired) electrons. The second-order valence-corrected chi connectivity index (χ2v) is 5.48. The molecule has 0 aromatic carbocycles. The zero-order valence-corrected chi connectivity index (χ0v) is 10.4. The summed E-state index contributed by atoms with van der Waals surface area (Å²) in [5.74, 6) is 0. The Morgan fingerprint density at radius 3 is 2.80 bits per heavy atom. The van der Waals surface area contributed by atoms with Crippen LogP contribution in [0, 0.1) is 5.41 Å². The van der Waals surface area contributed by atoms with Gasteiger partial charge in [0.2, 0.25) is 0 Å². The van der Waals surface area contributed by atoms with Crippen molar-refractivity contribution in [3.63, 3.8) is 0 Å². The third kappa shape index (κ3) is 4.80. The lowest BCUT2D eigenvalue weighted by atomic mass is 9.74. The van der Waals surface area contributed by atoms with Gasteiger partial charge in [-0.25, -0.2) is 0 Å². The van der Waals surface area contributed by atoms with E-state index in [1.165, 1.54) is 19.3 Å². The Morgan fingerprint density at radius 1 is 1.47 bits per heavy atom. The van der Waals surface area contributed by atoms with Gasteiger partial charge in [0.15, 0.2) is 0 Å². The molecule has 0 bridgehead atoms. The Balaban J connectivity index is 2.34. The molecule has 1 aliphatic rings. The normalized spacial score (nSPS) is 25.1. The molecule has 0 saturated heterocycles. The molecular formula is C13H25NO. The molecule has 0 aromatic rings. The van der Waals surface area contributed by atoms with Crippen LogP contribution in [-0.4, -0.2) is 19.8 Å². The quantitative estimate of drug-likeness (QED) is 0.560. The maximum absolute atomic E-state index is 6.03. The van der Waals surface area contributed by atoms with E-state index in [0.717, 1.165) is 19.4 Å². The fourth-order valence-electron chi connectivity index (χ4n) is 2.52. The lowest BCUT2D eigenvalue weighted by Gasteiger charge is -2.33. The summed E-state index contributed by atoms with van der Waals surface area (Å²) in [6, 6.07) is 0.270. The van der Waals surface area contributed by atoms with Crippen LogP contribution in [0.25, 0.3) is 0 Å². The predicted octanol–water partition coefficient (Wildman–Crippen LogP) is 2.88. The van der Waals surface area contributed by atoms with E-state index < -0.39 is 0 Å². The molecule has 2 nitrogen and oxygen atoms in total. The second kappa shape index (κ2) is 5.66. The number of hydrogen-bond acceptors (Lipinski definition) is 2. The molecule has 0 aromatic heterocycles. The van der Waals surface area contributed by atoms with E-state index >= 15 is 0 Å². The van der Waals surface area contributed by atoms with Crippen LogP contribution < -0.4 is 5.73 Å². The minimum Gasteiger partial charge on any atom is -0.385 e. The van der Waals surface area contributed by atoms with E-state index in [0.29, 0.717) is 5.41 Å². The number of ether oxygens (including phenoxy) is 1. The Kier molecular flexibility index (Phi) is 4.81. The summed E-state index contributed by atoms with van der Waals surface area (Å²) in [5, 5.41) is 0. The average molecular weight is 211 g/mol. The molecule has 2 N–H and O–H groups in total. The molecule has 1 atom stereocenters. The Labute approximate surface area is 93.9 Å². The van der Waals surface area contributed by atoms with Crippen molar-refractivity contribution in [3.8, 4) is 0 Å². The second-order valence-electron chi connectivity index (χ2n) is 5.48. The SMILES string of the molecule is COCCCCC1=CC(N)CC(C)(C)C1. The van der Waals surface area contributed by atoms with E-state index in [1.807, 2.05) is 0 Å². The standard InChI is InChI=1S/C13H25NO/c1-13(2)9-11(8-12(14)10-13)6-4-5-7-15-3/h8,12H,4-7,9-10,14H2,1-3H3. The van der Waals surface area contributed by atoms with Gasteiger partial charge in [0.05, 0.1) is 0 Å². The molecule has 88 valence electrons. The van der Waals surface area contributed by atoms with Crippen LogP contribution in [0.15, 0.2) is 11.6 Å². The minimum absolute atomic E-state index is 0.270. The Hall–Kier alpha value is -0.340. The summed E-state index contributed by atoms with van der Waals surface area (Å²) >= 11 is 0. The predicted molar refractivity (Wildman–Crippen MR) is 64.8 cm³/mol. The Bertz CT molecular complexity index is 221. The van der Waals surface area contributed by atoms with Crippen LogP contribution in [0.2, 0.25) is 0 Å². The summed E-state index contributed by atoms with van der Waals surface area (Å²) in [4.78, 5) is 0. The summed E-state index contributed by atoms with van der Waals surface area (Å²) in [6.45, 7) is 5.51. The van der Waals surface area contributed by atoms with Crippen molar-refractivity contribution in [2.75, 3.05) is 13.7 Å². The van der Waals surface area contributed by atoms with Crippen molar-refractivity contribution in [3.05, 3.63) is 11.6 Å². The molecule has 2 heteroatoms. The number of nitrogens with two attached hydrogens (primary N) is 1. The smallest absolute Gasteiger partial charge is 0.0462 e. The molecule has 1 unspecified atom stereocenters. The third-order valence-electron chi connectivity index (χ3n) is 3.04. The van der Waals surface area contributed by atoms with Crippen LogP contribution in [0.5, 0.6) is 0 Å². The highest BCUT2D eigenvalue weighted by atomic mass is 16.5. The first-order valence-electron chi connectivity index (χ1n) is 5.97. The van der Waals surface area contributed by atoms with E-state index in [1.54, 1.807) is 12.7 Å². The summed E-state index contributed by atoms with van der Waals surface area (Å²) in [7, 11) is 1.76. The fourth-order valence-corrected chi connectivity index (χ4v) is 2.52. The topological polar surface area (TPSA) is 35.2 Å². The Morgan fingerprint density at radius 2 is 2.20 bits per heavy atom. The lowest BCUT2D eigenvalue weighted by molar-refractivity contribution is 0.192. The number of methoxy groups -OCH3 is 1. The number of hydrogen-bond donors (Lipinski definition) is 1. The first-order valence-corrected chi connectivity index (χ1v) is 5.97. The molecule has 15 heavy (non-hydrogen) atoms. The van der Waals surface area contributed by atoms with Gasteiger partial charge >= 0.3 is 0 Å². The van der Waals surface area contributed by atoms with Crippen molar-refractivity contribution in [1.29, 1.82) is 0 Å². The van der Waals surface area contributed by atoms with Crippen LogP contribution >= 0.6 is 0 Å². The van der Waals surface area contributed by atoms with Gasteiger partial charge in [-0.3, -0.25) is 0 Å². The van der Waals surface area contributed by atoms with Crippen molar-refractivity contribution in [2.45, 2.75) is 52.0 Å². The van der Waals surface area contributed by atoms with Gasteiger partial charge in [0.25, 0.3) is 0 Å². The van der Waals surface area contributed by atoms with Crippen LogP contribution in [0.4, 0.5) is 0 Å². The molecule has 0 aliphatic heterocycles. The highest BCUT2D eigenvalue weighted by Crippen LogP contribution is 2.36. The van der Waals surface area contributed by atoms with Gasteiger partial charge in [-0.1, -0.05) is 25.5 Å². The van der Waals surface area contributed by atoms with E-state index in [2.05, 4.69) is 19.9 Å². The molecule has 0 spiro atoms. The highest BCUT2D eigenvalue weighted by molar-refractivity contribution is 5.13. The molecule has 0 saturated carbocycles. The van der Waals surface area contributed by atoms with Gasteiger partial charge in [0.1, 0.15) is 0 Å². The third-order valence-corrected chi connectivity index (χ3v) is 3.04. The van der Waals surface area contributed by atoms with Gasteiger partial charge in [-0.05, 0) is 37.5 Å². The average Bonchev–Trinajstić information content (AvgIpc) is 2.09. The monoisotopic (exact) mass is 211 g/mol. The first-order chi connectivity index (χ1) is 7.03. The van der Waals surface area contributed by atoms with Crippen LogP contribution in [0.3, 0.4) is 0 Å². The maximum Gasteiger partial charge on any atom is 0.0462 e. The fraction of sp³-hybridized carbons (Fsp3) is 0.846. The van der Waals surface area contributed by atoms with Crippen molar-refractivity contribution < 1.29 is 4.74 Å². The molecule has 0 fully saturated rings. The van der Waals surface area contributed by atoms with Crippen molar-refractivity contribution in [2.24, 2.45) is 11.1 Å². The summed E-state index contributed by atoms with van der Waals surface area (Å²) < 4.78 is 5.05. The van der Waals surface area contributed by atoms with Crippen LogP contribution in [-0.2, 0) is 4.74 Å². The van der Waals surface area contributed by atoms with E-state index in [4.69, 9.17) is 10.5 Å². The number of unbranched alkanes of at least 4 members (excludes halogenated alkanes) is 1. The largest absolute Gasteiger partial charge is 0.385 e. The maximum atomic E-state index is 6.03. The lowest BCUT2D eigenvalue weighted by Crippen LogP contribution is -2.30. The van der Waals surface area contributed by atoms with E-state index in [9.17, 15) is 0 Å². The zero-order chi connectivity index (χ0) is 11.3. The van der Waals surface area contributed by atoms with E-state index in [-0.39, 0.29) is 6.04 Å². The zero-order valence-electron chi connectivity index (χ0n) is 10.4. The van der Waals surface area contributed by atoms with Crippen molar-refractivity contribution in [1.82, 2.24) is 0 Å². The molecule has 0 heterocycles. The first kappa shape index (κ1) is 12.7. The molecule has 1 rings (SSSR count). The summed E-state index contributed by atoms with van der Waals surface area (Å²) in [5.41, 5.74) is 7.97. The van der Waals surface area contributed by atoms with Gasteiger partial charge in [-0.2, -0.15) is 0 Å². The van der Waals surface area contributed by atoms with Gasteiger partial charge in [0, 0.05) is 19.8 Å². The summed E-state index contributed by atoms with van der Waals surface area (Å²) in [6.07, 6.45) is 8.19. The van der Waals surface area contributed by atoms with Crippen molar-refractivity contribution >= 4 is 0 Å². The van der Waals surface area contributed by atoms with Gasteiger partial charge in [-0.15, -0.1) is 0 Å². The van der Waals surface area contributed by atoms with Gasteiger partial charge < -0.3 is 10.5 Å². The molecule has 1 aliphatic carbocycles. The number of rotatable bonds is 5. The highest BCUT2D eigenvalue weighted by Gasteiger charge is 2.26. The molecular weight excluding hydrogens is 186 g/mol. The molecule has 0 amide bonds.